The maximum Gasteiger partial charge on any atom is 0.422 e. The molecule has 1 aliphatic rings. The van der Waals surface area contributed by atoms with Gasteiger partial charge >= 0.3 is 17.8 Å². The molecule has 2 heterocycles. The highest BCUT2D eigenvalue weighted by Crippen LogP contribution is 2.33. The number of aromatic amines is 1. The van der Waals surface area contributed by atoms with E-state index in [2.05, 4.69) is 9.85 Å². The Morgan fingerprint density at radius 2 is 2.19 bits per heavy atom. The van der Waals surface area contributed by atoms with Gasteiger partial charge in [-0.05, 0) is 6.90 Å². The minimum Gasteiger partial charge on any atom is -0.452 e. The van der Waals surface area contributed by atoms with Crippen molar-refractivity contribution < 1.29 is 39.0 Å². The van der Waals surface area contributed by atoms with Gasteiger partial charge in [-0.15, -0.1) is 0 Å². The summed E-state index contributed by atoms with van der Waals surface area (Å²) in [6.07, 6.45) is -7.11. The molecular weight excluding hydrogens is 365 g/mol. The Morgan fingerprint density at radius 1 is 1.58 bits per heavy atom. The summed E-state index contributed by atoms with van der Waals surface area (Å²) in [6.45, 7) is -0.662. The van der Waals surface area contributed by atoms with Crippen molar-refractivity contribution in [2.75, 3.05) is 13.7 Å². The van der Waals surface area contributed by atoms with E-state index in [0.29, 0.717) is 0 Å². The Balaban J connectivity index is 0.00000122. The van der Waals surface area contributed by atoms with Crippen molar-refractivity contribution in [1.29, 1.82) is 1.43 Å². The smallest absolute Gasteiger partial charge is 0.422 e. The second-order valence-corrected chi connectivity index (χ2v) is 5.32. The van der Waals surface area contributed by atoms with E-state index in [-0.39, 0.29) is 6.90 Å². The Bertz CT molecular complexity index is 783. The predicted molar refractivity (Wildman–Crippen MR) is 80.6 cm³/mol. The zero-order valence-electron chi connectivity index (χ0n) is 15.8. The number of aliphatic hydroxyl groups excluding tert-OH is 2. The van der Waals surface area contributed by atoms with Crippen molar-refractivity contribution in [3.8, 4) is 0 Å². The lowest BCUT2D eigenvalue weighted by molar-refractivity contribution is -0.161. The van der Waals surface area contributed by atoms with Crippen LogP contribution in [0.2, 0.25) is 0 Å². The first kappa shape index (κ1) is 18.6. The van der Waals surface area contributed by atoms with Crippen LogP contribution in [-0.4, -0.2) is 59.3 Å². The number of carbonyl (C=O) groups is 1. The van der Waals surface area contributed by atoms with Gasteiger partial charge in [-0.25, -0.2) is 9.59 Å². The van der Waals surface area contributed by atoms with Crippen LogP contribution < -0.4 is 11.2 Å². The van der Waals surface area contributed by atoms with Crippen LogP contribution in [0.15, 0.2) is 15.8 Å². The van der Waals surface area contributed by atoms with Crippen LogP contribution in [0.1, 0.15) is 31.8 Å². The fraction of sp³-hybridized carbons (Fsp3) is 0.643. The Morgan fingerprint density at radius 3 is 2.69 bits per heavy atom. The van der Waals surface area contributed by atoms with Gasteiger partial charge < -0.3 is 19.7 Å². The zero-order valence-corrected chi connectivity index (χ0v) is 13.8. The highest BCUT2D eigenvalue weighted by molar-refractivity contribution is 5.88. The summed E-state index contributed by atoms with van der Waals surface area (Å²) in [7, 11) is 1.29. The molecule has 2 rings (SSSR count). The van der Waals surface area contributed by atoms with Crippen molar-refractivity contribution in [3.05, 3.63) is 32.6 Å². The van der Waals surface area contributed by atoms with Crippen molar-refractivity contribution in [3.63, 3.8) is 0 Å². The summed E-state index contributed by atoms with van der Waals surface area (Å²) in [5.74, 6) is -2.23. The molecule has 0 bridgehead atoms. The molecule has 26 heavy (non-hydrogen) atoms. The standard InChI is InChI=1S/C13H15F3N2O6.CH4O/c1-5-8(19)6(2)24-10(5)18-3-7(9(20)17-12(18)22)11(21)23-4-13(14,15)16;1-2/h3,5-6,8,10,19H,4H2,1-2H3,(H,17,20,22);2H,1H3/t5?,6-,8-,10-;/m1./s1/i2D;2T. The maximum atomic E-state index is 12.1. The second-order valence-electron chi connectivity index (χ2n) is 5.32. The van der Waals surface area contributed by atoms with Gasteiger partial charge in [0.25, 0.3) is 5.56 Å². The molecule has 1 fully saturated rings. The summed E-state index contributed by atoms with van der Waals surface area (Å²) in [5.41, 5.74) is -3.01. The summed E-state index contributed by atoms with van der Waals surface area (Å²) >= 11 is 0. The molecule has 1 aromatic rings. The first-order chi connectivity index (χ1) is 13.0. The number of nitrogens with one attached hydrogen (secondary N) is 1. The largest absolute Gasteiger partial charge is 0.452 e. The minimum atomic E-state index is -4.77. The predicted octanol–water partition coefficient (Wildman–Crippen LogP) is -0.222. The third kappa shape index (κ3) is 4.93. The van der Waals surface area contributed by atoms with Gasteiger partial charge in [-0.1, -0.05) is 6.92 Å². The topological polar surface area (TPSA) is 131 Å². The van der Waals surface area contributed by atoms with Crippen molar-refractivity contribution in [1.82, 2.24) is 9.55 Å². The molecule has 0 saturated carbocycles. The molecule has 1 aromatic heterocycles. The van der Waals surface area contributed by atoms with Crippen LogP contribution in [0, 0.1) is 5.92 Å². The molecule has 1 unspecified atom stereocenters. The molecule has 9 nitrogen and oxygen atoms in total. The van der Waals surface area contributed by atoms with Gasteiger partial charge in [0.2, 0.25) is 1.43 Å². The van der Waals surface area contributed by atoms with Crippen LogP contribution >= 0.6 is 0 Å². The molecule has 0 radical (unpaired) electrons. The second kappa shape index (κ2) is 8.47. The number of aliphatic hydroxyl groups is 2. The van der Waals surface area contributed by atoms with Crippen molar-refractivity contribution in [2.45, 2.75) is 38.4 Å². The van der Waals surface area contributed by atoms with E-state index < -0.39 is 59.9 Å². The molecule has 0 spiro atoms. The molecule has 1 aliphatic heterocycles. The number of ether oxygens (including phenoxy) is 2. The lowest BCUT2D eigenvalue weighted by Gasteiger charge is -2.18. The Hall–Kier alpha value is -2.18. The molecule has 3 N–H and O–H groups in total. The van der Waals surface area contributed by atoms with E-state index in [0.717, 1.165) is 10.8 Å². The molecule has 148 valence electrons. The number of hydrogen-bond acceptors (Lipinski definition) is 7. The van der Waals surface area contributed by atoms with Gasteiger partial charge in [-0.2, -0.15) is 13.2 Å². The normalized spacial score (nSPS) is 26.4. The van der Waals surface area contributed by atoms with Crippen molar-refractivity contribution >= 4 is 5.97 Å². The molecule has 0 aliphatic carbocycles. The summed E-state index contributed by atoms with van der Waals surface area (Å²) < 4.78 is 59.5. The van der Waals surface area contributed by atoms with Gasteiger partial charge in [0.05, 0.1) is 12.2 Å². The lowest BCUT2D eigenvalue weighted by atomic mass is 10.0. The number of hydrogen-bond donors (Lipinski definition) is 3. The average Bonchev–Trinajstić information content (AvgIpc) is 2.88. The van der Waals surface area contributed by atoms with Crippen LogP contribution in [0.3, 0.4) is 0 Å². The molecular formula is C14H19F3N2O7. The third-order valence-electron chi connectivity index (χ3n) is 3.51. The number of H-pyrrole nitrogens is 1. The number of aromatic nitrogens is 2. The van der Waals surface area contributed by atoms with E-state index in [4.69, 9.17) is 7.54 Å². The van der Waals surface area contributed by atoms with E-state index in [9.17, 15) is 32.7 Å². The molecule has 0 amide bonds. The number of carbonyl (C=O) groups excluding carboxylic acids is 1. The number of rotatable bonds is 3. The summed E-state index contributed by atoms with van der Waals surface area (Å²) in [6, 6.07) is 0. The number of esters is 1. The van der Waals surface area contributed by atoms with Crippen LogP contribution in [-0.2, 0) is 9.47 Å². The van der Waals surface area contributed by atoms with E-state index in [1.807, 2.05) is 0 Å². The number of nitrogens with zero attached hydrogens (tertiary/aromatic N) is 1. The van der Waals surface area contributed by atoms with Crippen LogP contribution in [0.5, 0.6) is 0 Å². The van der Waals surface area contributed by atoms with Crippen LogP contribution in [0.4, 0.5) is 13.2 Å². The molecule has 4 atom stereocenters. The fourth-order valence-electron chi connectivity index (χ4n) is 2.25. The van der Waals surface area contributed by atoms with Gasteiger partial charge in [0, 0.05) is 20.6 Å². The highest BCUT2D eigenvalue weighted by atomic mass is 19.4. The molecule has 12 heteroatoms. The van der Waals surface area contributed by atoms with Gasteiger partial charge in [0.1, 0.15) is 11.8 Å². The Labute approximate surface area is 147 Å². The first-order valence-corrected chi connectivity index (χ1v) is 7.18. The average molecular weight is 387 g/mol. The third-order valence-corrected chi connectivity index (χ3v) is 3.51. The highest BCUT2D eigenvalue weighted by Gasteiger charge is 2.40. The molecule has 1 saturated heterocycles. The monoisotopic (exact) mass is 387 g/mol. The minimum absolute atomic E-state index is 0.291. The number of alkyl halides is 3. The van der Waals surface area contributed by atoms with E-state index in [1.165, 1.54) is 14.0 Å². The van der Waals surface area contributed by atoms with Crippen molar-refractivity contribution in [2.24, 2.45) is 5.92 Å². The number of halogens is 3. The Kier molecular flexibility index (Phi) is 6.06. The lowest BCUT2D eigenvalue weighted by Crippen LogP contribution is -2.37. The van der Waals surface area contributed by atoms with E-state index in [1.54, 1.807) is 4.98 Å². The first-order valence-electron chi connectivity index (χ1n) is 8.29. The zero-order chi connectivity index (χ0) is 21.6. The molecule has 0 aromatic carbocycles. The SMILES string of the molecule is [2H]C[C@H]1O[C@@H](n2cc(C(=O)OCC(F)(F)F)c(=O)[nH]c2=O)C(C)[C@H]1O.[3H]OC. The summed E-state index contributed by atoms with van der Waals surface area (Å²) in [4.78, 5) is 37.1. The van der Waals surface area contributed by atoms with Gasteiger partial charge in [0.15, 0.2) is 6.61 Å². The summed E-state index contributed by atoms with van der Waals surface area (Å²) in [5, 5.41) is 13.4. The fourth-order valence-corrected chi connectivity index (χ4v) is 2.25. The van der Waals surface area contributed by atoms with Gasteiger partial charge in [-0.3, -0.25) is 14.3 Å². The van der Waals surface area contributed by atoms with Crippen LogP contribution in [0.25, 0.3) is 0 Å². The quantitative estimate of drug-likeness (QED) is 0.611. The van der Waals surface area contributed by atoms with E-state index >= 15 is 0 Å². The maximum absolute atomic E-state index is 12.1.